The molecule has 0 spiro atoms. The van der Waals surface area contributed by atoms with Gasteiger partial charge in [-0.25, -0.2) is 0 Å². The van der Waals surface area contributed by atoms with Crippen molar-refractivity contribution in [3.63, 3.8) is 0 Å². The van der Waals surface area contributed by atoms with E-state index >= 15 is 0 Å². The second-order valence-electron chi connectivity index (χ2n) is 4.37. The molecule has 0 radical (unpaired) electrons. The first-order chi connectivity index (χ1) is 7.68. The Hall–Kier alpha value is -1.29. The molecular formula is C12H17NO3. The first kappa shape index (κ1) is 11.2. The molecule has 1 aromatic rings. The Morgan fingerprint density at radius 2 is 2.44 bits per heavy atom. The molecule has 0 aromatic carbocycles. The lowest BCUT2D eigenvalue weighted by Crippen LogP contribution is -2.35. The first-order valence-electron chi connectivity index (χ1n) is 5.67. The summed E-state index contributed by atoms with van der Waals surface area (Å²) >= 11 is 0. The van der Waals surface area contributed by atoms with Crippen LogP contribution < -0.4 is 5.32 Å². The van der Waals surface area contributed by atoms with E-state index in [0.29, 0.717) is 6.54 Å². The van der Waals surface area contributed by atoms with E-state index in [9.17, 15) is 4.79 Å². The van der Waals surface area contributed by atoms with Crippen LogP contribution >= 0.6 is 0 Å². The third-order valence-corrected chi connectivity index (χ3v) is 3.35. The van der Waals surface area contributed by atoms with Crippen LogP contribution in [0.4, 0.5) is 0 Å². The molecule has 2 atom stereocenters. The van der Waals surface area contributed by atoms with Crippen molar-refractivity contribution in [3.05, 3.63) is 23.7 Å². The molecule has 0 aliphatic heterocycles. The summed E-state index contributed by atoms with van der Waals surface area (Å²) < 4.78 is 5.20. The summed E-state index contributed by atoms with van der Waals surface area (Å²) in [6.07, 6.45) is 4.40. The fraction of sp³-hybridized carbons (Fsp3) is 0.583. The molecule has 2 N–H and O–H groups in total. The largest absolute Gasteiger partial charge is 0.481 e. The van der Waals surface area contributed by atoms with Gasteiger partial charge in [0.1, 0.15) is 5.76 Å². The van der Waals surface area contributed by atoms with Crippen LogP contribution in [0, 0.1) is 12.8 Å². The monoisotopic (exact) mass is 223 g/mol. The molecule has 1 aromatic heterocycles. The summed E-state index contributed by atoms with van der Waals surface area (Å²) in [5.41, 5.74) is 1.11. The number of furan rings is 1. The molecule has 1 aliphatic rings. The van der Waals surface area contributed by atoms with Gasteiger partial charge in [-0.2, -0.15) is 0 Å². The van der Waals surface area contributed by atoms with E-state index in [4.69, 9.17) is 9.52 Å². The smallest absolute Gasteiger partial charge is 0.308 e. The zero-order chi connectivity index (χ0) is 11.5. The van der Waals surface area contributed by atoms with Gasteiger partial charge in [0.05, 0.1) is 12.2 Å². The fourth-order valence-electron chi connectivity index (χ4n) is 2.34. The average molecular weight is 223 g/mol. The summed E-state index contributed by atoms with van der Waals surface area (Å²) in [5, 5.41) is 12.4. The summed E-state index contributed by atoms with van der Waals surface area (Å²) in [6, 6.07) is 2.03. The number of nitrogens with one attached hydrogen (secondary N) is 1. The van der Waals surface area contributed by atoms with Gasteiger partial charge >= 0.3 is 5.97 Å². The second kappa shape index (κ2) is 4.70. The number of aliphatic carboxylic acids is 1. The lowest BCUT2D eigenvalue weighted by Gasteiger charge is -2.17. The highest BCUT2D eigenvalue weighted by atomic mass is 16.4. The van der Waals surface area contributed by atoms with Gasteiger partial charge in [-0.15, -0.1) is 0 Å². The number of carboxylic acid groups (broad SMARTS) is 1. The van der Waals surface area contributed by atoms with Gasteiger partial charge in [-0.1, -0.05) is 6.42 Å². The summed E-state index contributed by atoms with van der Waals surface area (Å²) in [7, 11) is 0. The van der Waals surface area contributed by atoms with E-state index in [1.807, 2.05) is 13.0 Å². The van der Waals surface area contributed by atoms with Gasteiger partial charge < -0.3 is 14.8 Å². The minimum atomic E-state index is -0.682. The number of carbonyl (C=O) groups is 1. The van der Waals surface area contributed by atoms with Crippen LogP contribution in [0.3, 0.4) is 0 Å². The van der Waals surface area contributed by atoms with E-state index in [2.05, 4.69) is 5.32 Å². The van der Waals surface area contributed by atoms with Crippen molar-refractivity contribution < 1.29 is 14.3 Å². The normalized spacial score (nSPS) is 24.8. The van der Waals surface area contributed by atoms with Crippen molar-refractivity contribution in [3.8, 4) is 0 Å². The summed E-state index contributed by atoms with van der Waals surface area (Å²) in [4.78, 5) is 11.0. The first-order valence-corrected chi connectivity index (χ1v) is 5.67. The fourth-order valence-corrected chi connectivity index (χ4v) is 2.34. The molecule has 1 fully saturated rings. The molecular weight excluding hydrogens is 206 g/mol. The highest BCUT2D eigenvalue weighted by Gasteiger charge is 2.32. The van der Waals surface area contributed by atoms with Crippen molar-refractivity contribution in [1.82, 2.24) is 5.32 Å². The second-order valence-corrected chi connectivity index (χ2v) is 4.37. The molecule has 4 nitrogen and oxygen atoms in total. The zero-order valence-corrected chi connectivity index (χ0v) is 9.40. The third kappa shape index (κ3) is 2.27. The third-order valence-electron chi connectivity index (χ3n) is 3.35. The Kier molecular flexibility index (Phi) is 3.29. The maximum absolute atomic E-state index is 11.0. The molecule has 0 saturated heterocycles. The van der Waals surface area contributed by atoms with Crippen LogP contribution in [0.1, 0.15) is 30.6 Å². The molecule has 2 rings (SSSR count). The van der Waals surface area contributed by atoms with Crippen molar-refractivity contribution >= 4 is 5.97 Å². The van der Waals surface area contributed by atoms with Crippen molar-refractivity contribution in [2.45, 2.75) is 38.8 Å². The lowest BCUT2D eigenvalue weighted by atomic mass is 10.0. The van der Waals surface area contributed by atoms with E-state index in [0.717, 1.165) is 30.6 Å². The number of aryl methyl sites for hydroxylation is 1. The topological polar surface area (TPSA) is 62.5 Å². The molecule has 1 aliphatic carbocycles. The Bertz CT molecular complexity index is 372. The standard InChI is InChI=1S/C12H17NO3/c1-8-9(5-6-16-8)7-13-11-4-2-3-10(11)12(14)15/h5-6,10-11,13H,2-4,7H2,1H3,(H,14,15)/t10-,11+/m0/s1. The molecule has 88 valence electrons. The Balaban J connectivity index is 1.90. The lowest BCUT2D eigenvalue weighted by molar-refractivity contribution is -0.142. The molecule has 1 heterocycles. The van der Waals surface area contributed by atoms with Gasteiger partial charge in [0.2, 0.25) is 0 Å². The molecule has 0 unspecified atom stereocenters. The zero-order valence-electron chi connectivity index (χ0n) is 9.40. The van der Waals surface area contributed by atoms with Crippen LogP contribution in [0.25, 0.3) is 0 Å². The maximum atomic E-state index is 11.0. The predicted molar refractivity (Wildman–Crippen MR) is 59.0 cm³/mol. The highest BCUT2D eigenvalue weighted by molar-refractivity contribution is 5.71. The average Bonchev–Trinajstić information content (AvgIpc) is 2.83. The minimum absolute atomic E-state index is 0.104. The van der Waals surface area contributed by atoms with Crippen molar-refractivity contribution in [1.29, 1.82) is 0 Å². The molecule has 0 amide bonds. The van der Waals surface area contributed by atoms with Crippen molar-refractivity contribution in [2.75, 3.05) is 0 Å². The van der Waals surface area contributed by atoms with E-state index in [1.165, 1.54) is 0 Å². The van der Waals surface area contributed by atoms with Gasteiger partial charge in [0.25, 0.3) is 0 Å². The van der Waals surface area contributed by atoms with Crippen LogP contribution in [0.5, 0.6) is 0 Å². The minimum Gasteiger partial charge on any atom is -0.481 e. The maximum Gasteiger partial charge on any atom is 0.308 e. The van der Waals surface area contributed by atoms with E-state index < -0.39 is 5.97 Å². The number of hydrogen-bond donors (Lipinski definition) is 2. The summed E-state index contributed by atoms with van der Waals surface area (Å²) in [6.45, 7) is 2.61. The van der Waals surface area contributed by atoms with Crippen LogP contribution in [0.2, 0.25) is 0 Å². The van der Waals surface area contributed by atoms with Gasteiger partial charge in [-0.05, 0) is 25.8 Å². The van der Waals surface area contributed by atoms with Crippen LogP contribution in [0.15, 0.2) is 16.7 Å². The number of rotatable bonds is 4. The number of carboxylic acids is 1. The molecule has 4 heteroatoms. The van der Waals surface area contributed by atoms with Gasteiger partial charge in [0.15, 0.2) is 0 Å². The van der Waals surface area contributed by atoms with E-state index in [-0.39, 0.29) is 12.0 Å². The van der Waals surface area contributed by atoms with Gasteiger partial charge in [0, 0.05) is 18.2 Å². The number of hydrogen-bond acceptors (Lipinski definition) is 3. The molecule has 1 saturated carbocycles. The SMILES string of the molecule is Cc1occc1CN[C@@H]1CCC[C@@H]1C(=O)O. The predicted octanol–water partition coefficient (Wildman–Crippen LogP) is 1.93. The Morgan fingerprint density at radius 3 is 3.06 bits per heavy atom. The van der Waals surface area contributed by atoms with Crippen LogP contribution in [-0.2, 0) is 11.3 Å². The van der Waals surface area contributed by atoms with Gasteiger partial charge in [-0.3, -0.25) is 4.79 Å². The quantitative estimate of drug-likeness (QED) is 0.818. The van der Waals surface area contributed by atoms with Crippen molar-refractivity contribution in [2.24, 2.45) is 5.92 Å². The summed E-state index contributed by atoms with van der Waals surface area (Å²) in [5.74, 6) is -0.0107. The Labute approximate surface area is 94.6 Å². The molecule has 0 bridgehead atoms. The highest BCUT2D eigenvalue weighted by Crippen LogP contribution is 2.26. The van der Waals surface area contributed by atoms with E-state index in [1.54, 1.807) is 6.26 Å². The Morgan fingerprint density at radius 1 is 1.62 bits per heavy atom. The molecule has 16 heavy (non-hydrogen) atoms. The van der Waals surface area contributed by atoms with Crippen LogP contribution in [-0.4, -0.2) is 17.1 Å².